The Morgan fingerprint density at radius 2 is 1.39 bits per heavy atom. The number of likely N-dealkylation sites (N-methyl/N-ethyl adjacent to an activating group) is 1. The normalized spacial score (nSPS) is 17.2. The first-order chi connectivity index (χ1) is 11.2. The first-order valence-corrected chi connectivity index (χ1v) is 9.18. The summed E-state index contributed by atoms with van der Waals surface area (Å²) in [4.78, 5) is 4.99. The molecule has 6 nitrogen and oxygen atoms in total. The Kier molecular flexibility index (Phi) is 12.8. The average Bonchev–Trinajstić information content (AvgIpc) is 2.55. The molecule has 1 fully saturated rings. The minimum Gasteiger partial charge on any atom is -0.379 e. The third kappa shape index (κ3) is 11.9. The van der Waals surface area contributed by atoms with Gasteiger partial charge >= 0.3 is 0 Å². The molecule has 0 amide bonds. The van der Waals surface area contributed by atoms with Crippen LogP contribution in [0.25, 0.3) is 0 Å². The van der Waals surface area contributed by atoms with Gasteiger partial charge in [-0.2, -0.15) is 0 Å². The number of rotatable bonds is 14. The summed E-state index contributed by atoms with van der Waals surface area (Å²) < 4.78 is 11.3. The van der Waals surface area contributed by atoms with E-state index in [-0.39, 0.29) is 2.85 Å². The Morgan fingerprint density at radius 3 is 1.87 bits per heavy atom. The van der Waals surface area contributed by atoms with E-state index in [1.165, 1.54) is 0 Å². The molecule has 0 radical (unpaired) electrons. The van der Waals surface area contributed by atoms with Crippen molar-refractivity contribution >= 4 is 0 Å². The van der Waals surface area contributed by atoms with Crippen LogP contribution in [0.4, 0.5) is 0 Å². The molecule has 0 aromatic rings. The Morgan fingerprint density at radius 1 is 0.870 bits per heavy atom. The molecule has 0 aromatic heterocycles. The molecule has 0 aromatic carbocycles. The molecule has 1 aliphatic rings. The van der Waals surface area contributed by atoms with Crippen LogP contribution in [-0.4, -0.2) is 102 Å². The van der Waals surface area contributed by atoms with Crippen LogP contribution in [0.3, 0.4) is 0 Å². The van der Waals surface area contributed by atoms with Gasteiger partial charge in [-0.1, -0.05) is 13.8 Å². The maximum Gasteiger partial charge on any atom is 0.0594 e. The second-order valence-corrected chi connectivity index (χ2v) is 6.61. The minimum atomic E-state index is 0. The monoisotopic (exact) mass is 334 g/mol. The number of piperazine rings is 1. The van der Waals surface area contributed by atoms with Gasteiger partial charge in [-0.25, -0.2) is 0 Å². The first kappa shape index (κ1) is 20.8. The zero-order valence-electron chi connectivity index (χ0n) is 15.5. The summed E-state index contributed by atoms with van der Waals surface area (Å²) in [6.45, 7) is 17.4. The van der Waals surface area contributed by atoms with E-state index in [4.69, 9.17) is 9.47 Å². The molecule has 0 saturated carbocycles. The van der Waals surface area contributed by atoms with Crippen molar-refractivity contribution in [2.24, 2.45) is 5.92 Å². The number of ether oxygens (including phenoxy) is 2. The second kappa shape index (κ2) is 14.1. The van der Waals surface area contributed by atoms with Crippen molar-refractivity contribution in [3.63, 3.8) is 0 Å². The van der Waals surface area contributed by atoms with Crippen molar-refractivity contribution in [3.8, 4) is 0 Å². The molecule has 1 aliphatic heterocycles. The smallest absolute Gasteiger partial charge is 0.0594 e. The van der Waals surface area contributed by atoms with Crippen LogP contribution in [0.1, 0.15) is 16.7 Å². The fourth-order valence-electron chi connectivity index (χ4n) is 2.54. The minimum absolute atomic E-state index is 0. The van der Waals surface area contributed by atoms with Gasteiger partial charge in [0.1, 0.15) is 0 Å². The number of nitrogens with one attached hydrogen (secondary N) is 2. The van der Waals surface area contributed by atoms with Gasteiger partial charge in [-0.15, -0.1) is 0 Å². The predicted octanol–water partition coefficient (Wildman–Crippen LogP) is 0.594. The Hall–Kier alpha value is -0.240. The summed E-state index contributed by atoms with van der Waals surface area (Å²) in [5.74, 6) is 0.708. The summed E-state index contributed by atoms with van der Waals surface area (Å²) in [6.07, 6.45) is 0. The molecule has 6 heteroatoms. The van der Waals surface area contributed by atoms with Crippen LogP contribution in [0.15, 0.2) is 0 Å². The lowest BCUT2D eigenvalue weighted by Crippen LogP contribution is -2.48. The van der Waals surface area contributed by atoms with E-state index in [1.54, 1.807) is 0 Å². The lowest BCUT2D eigenvalue weighted by atomic mass is 10.2. The highest BCUT2D eigenvalue weighted by Gasteiger charge is 2.15. The summed E-state index contributed by atoms with van der Waals surface area (Å²) in [5, 5.41) is 6.49. The second-order valence-electron chi connectivity index (χ2n) is 6.61. The van der Waals surface area contributed by atoms with Crippen LogP contribution < -0.4 is 10.6 Å². The van der Waals surface area contributed by atoms with E-state index < -0.39 is 0 Å². The Balaban J connectivity index is 0. The lowest BCUT2D eigenvalue weighted by Gasteiger charge is -2.34. The highest BCUT2D eigenvalue weighted by molar-refractivity contribution is 4.71. The highest BCUT2D eigenvalue weighted by atomic mass is 16.5. The molecule has 1 saturated heterocycles. The fourth-order valence-corrected chi connectivity index (χ4v) is 2.54. The molecular weight excluding hydrogens is 292 g/mol. The van der Waals surface area contributed by atoms with E-state index in [9.17, 15) is 0 Å². The summed E-state index contributed by atoms with van der Waals surface area (Å²) in [5.41, 5.74) is 0. The fraction of sp³-hybridized carbons (Fsp3) is 1.00. The highest BCUT2D eigenvalue weighted by Crippen LogP contribution is 2.01. The molecule has 2 N–H and O–H groups in total. The molecule has 0 spiro atoms. The van der Waals surface area contributed by atoms with Gasteiger partial charge in [-0.05, 0) is 19.5 Å². The largest absolute Gasteiger partial charge is 0.379 e. The van der Waals surface area contributed by atoms with Crippen molar-refractivity contribution in [1.82, 2.24) is 20.4 Å². The van der Waals surface area contributed by atoms with E-state index >= 15 is 0 Å². The molecule has 142 valence electrons. The van der Waals surface area contributed by atoms with Crippen LogP contribution in [0.5, 0.6) is 0 Å². The molecule has 1 heterocycles. The van der Waals surface area contributed by atoms with E-state index in [0.29, 0.717) is 5.92 Å². The zero-order chi connectivity index (χ0) is 16.8. The average molecular weight is 335 g/mol. The third-order valence-electron chi connectivity index (χ3n) is 4.04. The van der Waals surface area contributed by atoms with E-state index in [0.717, 1.165) is 85.3 Å². The molecule has 0 aliphatic carbocycles. The molecule has 0 atom stereocenters. The lowest BCUT2D eigenvalue weighted by molar-refractivity contribution is 0.0580. The van der Waals surface area contributed by atoms with Crippen molar-refractivity contribution in [3.05, 3.63) is 0 Å². The quantitative estimate of drug-likeness (QED) is 0.454. The number of hydrogen-bond donors (Lipinski definition) is 2. The molecule has 1 rings (SSSR count). The SMILES string of the molecule is CNCCOCCN1CCN(CCOCCNCC(C)C)CC1.[HH].[HH]. The van der Waals surface area contributed by atoms with Gasteiger partial charge in [0.15, 0.2) is 0 Å². The summed E-state index contributed by atoms with van der Waals surface area (Å²) >= 11 is 0. The topological polar surface area (TPSA) is 49.0 Å². The standard InChI is InChI=1S/C17H38N4O2.2H2/c1-17(2)16-19-5-13-23-15-11-21-8-6-20(7-9-21)10-14-22-12-4-18-3;;/h17-19H,4-16H2,1-3H3;2*1H. The van der Waals surface area contributed by atoms with Crippen molar-refractivity contribution < 1.29 is 12.3 Å². The van der Waals surface area contributed by atoms with Gasteiger partial charge in [-0.3, -0.25) is 9.80 Å². The van der Waals surface area contributed by atoms with Crippen LogP contribution in [0, 0.1) is 5.92 Å². The maximum absolute atomic E-state index is 5.70. The number of nitrogens with zero attached hydrogens (tertiary/aromatic N) is 2. The van der Waals surface area contributed by atoms with Gasteiger partial charge in [0.25, 0.3) is 0 Å². The van der Waals surface area contributed by atoms with Crippen LogP contribution >= 0.6 is 0 Å². The summed E-state index contributed by atoms with van der Waals surface area (Å²) in [7, 11) is 1.95. The molecular formula is C17H42N4O2. The van der Waals surface area contributed by atoms with Crippen molar-refractivity contribution in [2.45, 2.75) is 13.8 Å². The van der Waals surface area contributed by atoms with Gasteiger partial charge in [0, 0.05) is 55.2 Å². The summed E-state index contributed by atoms with van der Waals surface area (Å²) in [6, 6.07) is 0. The first-order valence-electron chi connectivity index (χ1n) is 9.18. The van der Waals surface area contributed by atoms with Gasteiger partial charge < -0.3 is 20.1 Å². The maximum atomic E-state index is 5.70. The zero-order valence-corrected chi connectivity index (χ0v) is 15.5. The Bertz CT molecular complexity index is 269. The Labute approximate surface area is 145 Å². The van der Waals surface area contributed by atoms with Gasteiger partial charge in [0.2, 0.25) is 0 Å². The van der Waals surface area contributed by atoms with E-state index in [1.807, 2.05) is 7.05 Å². The van der Waals surface area contributed by atoms with Crippen molar-refractivity contribution in [2.75, 3.05) is 92.4 Å². The van der Waals surface area contributed by atoms with Crippen LogP contribution in [-0.2, 0) is 9.47 Å². The third-order valence-corrected chi connectivity index (χ3v) is 4.04. The molecule has 0 bridgehead atoms. The van der Waals surface area contributed by atoms with Crippen LogP contribution in [0.2, 0.25) is 0 Å². The molecule has 23 heavy (non-hydrogen) atoms. The van der Waals surface area contributed by atoms with E-state index in [2.05, 4.69) is 34.3 Å². The number of hydrogen-bond acceptors (Lipinski definition) is 6. The van der Waals surface area contributed by atoms with Gasteiger partial charge in [0.05, 0.1) is 26.4 Å². The van der Waals surface area contributed by atoms with Crippen molar-refractivity contribution in [1.29, 1.82) is 0 Å². The molecule has 0 unspecified atom stereocenters. The predicted molar refractivity (Wildman–Crippen MR) is 100 cm³/mol.